The van der Waals surface area contributed by atoms with E-state index in [1.807, 2.05) is 7.05 Å². The first kappa shape index (κ1) is 17.3. The van der Waals surface area contributed by atoms with Crippen LogP contribution in [-0.2, 0) is 13.0 Å². The van der Waals surface area contributed by atoms with E-state index in [2.05, 4.69) is 69.0 Å². The molecule has 1 saturated carbocycles. The van der Waals surface area contributed by atoms with E-state index in [1.54, 1.807) is 11.1 Å². The van der Waals surface area contributed by atoms with Gasteiger partial charge in [0.15, 0.2) is 5.96 Å². The first-order valence-corrected chi connectivity index (χ1v) is 8.50. The maximum atomic E-state index is 4.33. The van der Waals surface area contributed by atoms with Crippen molar-refractivity contribution in [2.24, 2.45) is 16.8 Å². The highest BCUT2D eigenvalue weighted by Gasteiger charge is 2.54. The van der Waals surface area contributed by atoms with Gasteiger partial charge in [-0.2, -0.15) is 0 Å². The Morgan fingerprint density at radius 3 is 2.75 bits per heavy atom. The van der Waals surface area contributed by atoms with Crippen LogP contribution in [0.4, 0.5) is 0 Å². The average molecular weight is 436 g/mol. The Morgan fingerprint density at radius 2 is 1.96 bits per heavy atom. The standard InChI is InChI=1S/C19H24N4.HI/c1-20-19(21-8-11-23-9-4-5-10-23)22-13-17-16-12-14-6-2-3-7-15(14)18(16)17;/h2-7,9-10,16-18H,8,11-13H2,1H3,(H2,20,21,22);1H. The smallest absolute Gasteiger partial charge is 0.191 e. The van der Waals surface area contributed by atoms with Crippen LogP contribution in [0.2, 0.25) is 0 Å². The number of aliphatic imine (C=N–C) groups is 1. The molecule has 1 aromatic heterocycles. The van der Waals surface area contributed by atoms with Gasteiger partial charge < -0.3 is 15.2 Å². The zero-order chi connectivity index (χ0) is 15.6. The number of guanidine groups is 1. The van der Waals surface area contributed by atoms with Crippen molar-refractivity contribution in [3.8, 4) is 0 Å². The topological polar surface area (TPSA) is 41.4 Å². The first-order valence-electron chi connectivity index (χ1n) is 8.50. The molecular formula is C19H25IN4. The Labute approximate surface area is 160 Å². The van der Waals surface area contributed by atoms with Crippen molar-refractivity contribution in [2.45, 2.75) is 18.9 Å². The number of fused-ring (bicyclic) bond motifs is 3. The summed E-state index contributed by atoms with van der Waals surface area (Å²) in [5.74, 6) is 3.30. The fraction of sp³-hybridized carbons (Fsp3) is 0.421. The molecule has 4 nitrogen and oxygen atoms in total. The number of benzene rings is 1. The van der Waals surface area contributed by atoms with Gasteiger partial charge >= 0.3 is 0 Å². The van der Waals surface area contributed by atoms with Crippen LogP contribution in [0.3, 0.4) is 0 Å². The van der Waals surface area contributed by atoms with Crippen LogP contribution in [-0.4, -0.2) is 30.7 Å². The molecule has 128 valence electrons. The maximum absolute atomic E-state index is 4.33. The molecule has 0 spiro atoms. The lowest BCUT2D eigenvalue weighted by Gasteiger charge is -2.13. The van der Waals surface area contributed by atoms with Crippen molar-refractivity contribution in [1.29, 1.82) is 0 Å². The van der Waals surface area contributed by atoms with E-state index in [0.29, 0.717) is 0 Å². The van der Waals surface area contributed by atoms with Gasteiger partial charge in [-0.1, -0.05) is 24.3 Å². The molecule has 1 fully saturated rings. The molecule has 3 atom stereocenters. The quantitative estimate of drug-likeness (QED) is 0.430. The van der Waals surface area contributed by atoms with E-state index in [0.717, 1.165) is 43.3 Å². The molecular weight excluding hydrogens is 411 g/mol. The molecule has 0 amide bonds. The highest BCUT2D eigenvalue weighted by molar-refractivity contribution is 14.0. The van der Waals surface area contributed by atoms with Crippen molar-refractivity contribution in [2.75, 3.05) is 20.1 Å². The van der Waals surface area contributed by atoms with Crippen molar-refractivity contribution >= 4 is 29.9 Å². The lowest BCUT2D eigenvalue weighted by molar-refractivity contribution is 0.636. The van der Waals surface area contributed by atoms with Gasteiger partial charge in [0, 0.05) is 39.1 Å². The Morgan fingerprint density at radius 1 is 1.17 bits per heavy atom. The van der Waals surface area contributed by atoms with Gasteiger partial charge in [-0.3, -0.25) is 4.99 Å². The molecule has 3 unspecified atom stereocenters. The van der Waals surface area contributed by atoms with Crippen molar-refractivity contribution in [3.05, 3.63) is 59.9 Å². The third-order valence-corrected chi connectivity index (χ3v) is 5.26. The molecule has 2 N–H and O–H groups in total. The zero-order valence-corrected chi connectivity index (χ0v) is 16.3. The number of hydrogen-bond acceptors (Lipinski definition) is 1. The summed E-state index contributed by atoms with van der Waals surface area (Å²) in [6.07, 6.45) is 5.42. The van der Waals surface area contributed by atoms with Gasteiger partial charge in [-0.25, -0.2) is 0 Å². The van der Waals surface area contributed by atoms with Gasteiger partial charge in [0.25, 0.3) is 0 Å². The van der Waals surface area contributed by atoms with E-state index < -0.39 is 0 Å². The molecule has 2 aromatic rings. The summed E-state index contributed by atoms with van der Waals surface area (Å²) in [6, 6.07) is 13.0. The van der Waals surface area contributed by atoms with Gasteiger partial charge in [-0.15, -0.1) is 24.0 Å². The Balaban J connectivity index is 0.00000169. The fourth-order valence-corrected chi connectivity index (χ4v) is 4.02. The predicted octanol–water partition coefficient (Wildman–Crippen LogP) is 2.86. The lowest BCUT2D eigenvalue weighted by Crippen LogP contribution is -2.40. The Hall–Kier alpha value is -1.50. The number of halogens is 1. The minimum atomic E-state index is 0. The summed E-state index contributed by atoms with van der Waals surface area (Å²) in [6.45, 7) is 2.86. The van der Waals surface area contributed by atoms with Gasteiger partial charge in [-0.05, 0) is 47.4 Å². The summed E-state index contributed by atoms with van der Waals surface area (Å²) in [5, 5.41) is 6.89. The SMILES string of the molecule is CN=C(NCCn1cccc1)NCC1C2Cc3ccccc3C12.I. The third-order valence-electron chi connectivity index (χ3n) is 5.26. The van der Waals surface area contributed by atoms with Crippen molar-refractivity contribution in [1.82, 2.24) is 15.2 Å². The normalized spacial score (nSPS) is 23.9. The van der Waals surface area contributed by atoms with E-state index in [-0.39, 0.29) is 24.0 Å². The second kappa shape index (κ2) is 7.59. The summed E-state index contributed by atoms with van der Waals surface area (Å²) >= 11 is 0. The number of aromatic nitrogens is 1. The summed E-state index contributed by atoms with van der Waals surface area (Å²) < 4.78 is 2.17. The summed E-state index contributed by atoms with van der Waals surface area (Å²) in [4.78, 5) is 4.33. The van der Waals surface area contributed by atoms with Gasteiger partial charge in [0.2, 0.25) is 0 Å². The van der Waals surface area contributed by atoms with E-state index in [9.17, 15) is 0 Å². The van der Waals surface area contributed by atoms with Crippen LogP contribution >= 0.6 is 24.0 Å². The second-order valence-electron chi connectivity index (χ2n) is 6.56. The van der Waals surface area contributed by atoms with Crippen molar-refractivity contribution < 1.29 is 0 Å². The zero-order valence-electron chi connectivity index (χ0n) is 14.0. The maximum Gasteiger partial charge on any atom is 0.191 e. The molecule has 0 aliphatic heterocycles. The summed E-state index contributed by atoms with van der Waals surface area (Å²) in [5.41, 5.74) is 3.15. The van der Waals surface area contributed by atoms with Crippen LogP contribution in [0.5, 0.6) is 0 Å². The number of nitrogens with one attached hydrogen (secondary N) is 2. The average Bonchev–Trinajstić information content (AvgIpc) is 2.96. The number of nitrogens with zero attached hydrogens (tertiary/aromatic N) is 2. The highest BCUT2D eigenvalue weighted by Crippen LogP contribution is 2.60. The molecule has 2 aliphatic rings. The van der Waals surface area contributed by atoms with E-state index in [1.165, 1.54) is 6.42 Å². The Kier molecular flexibility index (Phi) is 5.48. The van der Waals surface area contributed by atoms with Crippen LogP contribution in [0.25, 0.3) is 0 Å². The molecule has 2 aliphatic carbocycles. The first-order chi connectivity index (χ1) is 11.4. The molecule has 1 heterocycles. The molecule has 0 bridgehead atoms. The summed E-state index contributed by atoms with van der Waals surface area (Å²) in [7, 11) is 1.84. The molecule has 1 aromatic carbocycles. The van der Waals surface area contributed by atoms with Gasteiger partial charge in [0.05, 0.1) is 0 Å². The minimum Gasteiger partial charge on any atom is -0.356 e. The lowest BCUT2D eigenvalue weighted by atomic mass is 10.0. The fourth-order valence-electron chi connectivity index (χ4n) is 4.02. The minimum absolute atomic E-state index is 0. The molecule has 24 heavy (non-hydrogen) atoms. The van der Waals surface area contributed by atoms with Crippen LogP contribution in [0.15, 0.2) is 53.8 Å². The second-order valence-corrected chi connectivity index (χ2v) is 6.56. The number of rotatable bonds is 5. The van der Waals surface area contributed by atoms with Crippen LogP contribution in [0, 0.1) is 11.8 Å². The van der Waals surface area contributed by atoms with E-state index in [4.69, 9.17) is 0 Å². The molecule has 5 heteroatoms. The van der Waals surface area contributed by atoms with Crippen LogP contribution in [0.1, 0.15) is 17.0 Å². The molecule has 4 rings (SSSR count). The third kappa shape index (κ3) is 3.45. The monoisotopic (exact) mass is 436 g/mol. The highest BCUT2D eigenvalue weighted by atomic mass is 127. The number of hydrogen-bond donors (Lipinski definition) is 2. The molecule has 0 radical (unpaired) electrons. The predicted molar refractivity (Wildman–Crippen MR) is 109 cm³/mol. The van der Waals surface area contributed by atoms with Crippen molar-refractivity contribution in [3.63, 3.8) is 0 Å². The van der Waals surface area contributed by atoms with E-state index >= 15 is 0 Å². The Bertz CT molecular complexity index is 695. The largest absolute Gasteiger partial charge is 0.356 e. The van der Waals surface area contributed by atoms with Crippen LogP contribution < -0.4 is 10.6 Å². The van der Waals surface area contributed by atoms with Gasteiger partial charge in [0.1, 0.15) is 0 Å². The molecule has 0 saturated heterocycles.